The van der Waals surface area contributed by atoms with Crippen LogP contribution in [0, 0.1) is 10.1 Å². The van der Waals surface area contributed by atoms with Crippen LogP contribution in [0.2, 0.25) is 0 Å². The highest BCUT2D eigenvalue weighted by Crippen LogP contribution is 2.28. The average molecular weight is 358 g/mol. The molecule has 0 heterocycles. The van der Waals surface area contributed by atoms with Crippen LogP contribution in [0.1, 0.15) is 23.7 Å². The fourth-order valence-corrected chi connectivity index (χ4v) is 2.12. The largest absolute Gasteiger partial charge is 0.466 e. The second-order valence-corrected chi connectivity index (χ2v) is 5.16. The van der Waals surface area contributed by atoms with Gasteiger partial charge in [0.1, 0.15) is 11.5 Å². The zero-order valence-corrected chi connectivity index (χ0v) is 14.1. The first-order valence-corrected chi connectivity index (χ1v) is 7.96. The smallest absolute Gasteiger partial charge is 0.307 e. The third kappa shape index (κ3) is 5.30. The Morgan fingerprint density at radius 1 is 1.15 bits per heavy atom. The summed E-state index contributed by atoms with van der Waals surface area (Å²) in [7, 11) is 0. The Bertz CT molecular complexity index is 792. The number of para-hydroxylation sites is 1. The summed E-state index contributed by atoms with van der Waals surface area (Å²) in [5.41, 5.74) is -0.229. The van der Waals surface area contributed by atoms with Gasteiger partial charge in [-0.2, -0.15) is 0 Å². The number of rotatable bonds is 8. The molecule has 26 heavy (non-hydrogen) atoms. The quantitative estimate of drug-likeness (QED) is 0.441. The molecule has 0 aliphatic rings. The van der Waals surface area contributed by atoms with Crippen LogP contribution in [0.4, 0.5) is 5.69 Å². The molecular formula is C18H18N2O6. The van der Waals surface area contributed by atoms with E-state index in [1.165, 1.54) is 12.1 Å². The van der Waals surface area contributed by atoms with Crippen LogP contribution in [0.15, 0.2) is 48.5 Å². The highest BCUT2D eigenvalue weighted by Gasteiger charge is 2.18. The molecule has 2 aromatic rings. The standard InChI is InChI=1S/C18H18N2O6/c1-2-25-17(21)10-11-19-18(22)15-12-13(20(23)24)8-9-16(15)26-14-6-4-3-5-7-14/h3-9,12H,2,10-11H2,1H3,(H,19,22). The van der Waals surface area contributed by atoms with Gasteiger partial charge in [-0.05, 0) is 25.1 Å². The van der Waals surface area contributed by atoms with Crippen molar-refractivity contribution in [1.29, 1.82) is 0 Å². The first-order chi connectivity index (χ1) is 12.5. The van der Waals surface area contributed by atoms with Gasteiger partial charge in [-0.25, -0.2) is 0 Å². The number of hydrogen-bond donors (Lipinski definition) is 1. The number of non-ortho nitro benzene ring substituents is 1. The lowest BCUT2D eigenvalue weighted by Gasteiger charge is -2.11. The molecule has 8 heteroatoms. The molecule has 1 N–H and O–H groups in total. The number of nitro benzene ring substituents is 1. The van der Waals surface area contributed by atoms with Crippen molar-refractivity contribution in [3.63, 3.8) is 0 Å². The number of ether oxygens (including phenoxy) is 2. The molecule has 136 valence electrons. The predicted molar refractivity (Wildman–Crippen MR) is 93.2 cm³/mol. The molecular weight excluding hydrogens is 340 g/mol. The molecule has 2 aromatic carbocycles. The van der Waals surface area contributed by atoms with E-state index in [9.17, 15) is 19.7 Å². The molecule has 0 radical (unpaired) electrons. The van der Waals surface area contributed by atoms with Crippen molar-refractivity contribution >= 4 is 17.6 Å². The second kappa shape index (κ2) is 9.16. The minimum absolute atomic E-state index is 0.00336. The SMILES string of the molecule is CCOC(=O)CCNC(=O)c1cc([N+](=O)[O-])ccc1Oc1ccccc1. The molecule has 1 amide bonds. The number of esters is 1. The summed E-state index contributed by atoms with van der Waals surface area (Å²) in [5.74, 6) is -0.353. The van der Waals surface area contributed by atoms with E-state index in [1.54, 1.807) is 31.2 Å². The van der Waals surface area contributed by atoms with Crippen molar-refractivity contribution in [3.05, 3.63) is 64.2 Å². The van der Waals surface area contributed by atoms with E-state index in [0.29, 0.717) is 5.75 Å². The van der Waals surface area contributed by atoms with Crippen LogP contribution < -0.4 is 10.1 Å². The summed E-state index contributed by atoms with van der Waals surface area (Å²) in [5, 5.41) is 13.5. The third-order valence-corrected chi connectivity index (χ3v) is 3.31. The molecule has 2 rings (SSSR count). The van der Waals surface area contributed by atoms with Gasteiger partial charge in [-0.1, -0.05) is 18.2 Å². The zero-order valence-electron chi connectivity index (χ0n) is 14.1. The number of hydrogen-bond acceptors (Lipinski definition) is 6. The van der Waals surface area contributed by atoms with Crippen molar-refractivity contribution in [1.82, 2.24) is 5.32 Å². The average Bonchev–Trinajstić information content (AvgIpc) is 2.63. The Morgan fingerprint density at radius 2 is 1.88 bits per heavy atom. The molecule has 0 saturated carbocycles. The Hall–Kier alpha value is -3.42. The molecule has 0 unspecified atom stereocenters. The van der Waals surface area contributed by atoms with Gasteiger partial charge in [0.25, 0.3) is 11.6 Å². The van der Waals surface area contributed by atoms with E-state index in [1.807, 2.05) is 6.07 Å². The number of nitro groups is 1. The van der Waals surface area contributed by atoms with Gasteiger partial charge in [0, 0.05) is 18.7 Å². The Morgan fingerprint density at radius 3 is 2.54 bits per heavy atom. The molecule has 0 aromatic heterocycles. The van der Waals surface area contributed by atoms with E-state index in [2.05, 4.69) is 5.32 Å². The normalized spacial score (nSPS) is 10.0. The van der Waals surface area contributed by atoms with Crippen molar-refractivity contribution in [2.45, 2.75) is 13.3 Å². The van der Waals surface area contributed by atoms with Crippen LogP contribution >= 0.6 is 0 Å². The monoisotopic (exact) mass is 358 g/mol. The van der Waals surface area contributed by atoms with Gasteiger partial charge in [-0.15, -0.1) is 0 Å². The first kappa shape index (κ1) is 18.9. The molecule has 0 bridgehead atoms. The highest BCUT2D eigenvalue weighted by molar-refractivity contribution is 5.97. The molecule has 8 nitrogen and oxygen atoms in total. The summed E-state index contributed by atoms with van der Waals surface area (Å²) < 4.78 is 10.4. The number of carbonyl (C=O) groups excluding carboxylic acids is 2. The van der Waals surface area contributed by atoms with E-state index in [-0.39, 0.29) is 36.6 Å². The minimum atomic E-state index is -0.596. The Balaban J connectivity index is 2.17. The fourth-order valence-electron chi connectivity index (χ4n) is 2.12. The highest BCUT2D eigenvalue weighted by atomic mass is 16.6. The second-order valence-electron chi connectivity index (χ2n) is 5.16. The van der Waals surface area contributed by atoms with Gasteiger partial charge >= 0.3 is 5.97 Å². The number of nitrogens with zero attached hydrogens (tertiary/aromatic N) is 1. The van der Waals surface area contributed by atoms with Gasteiger partial charge in [0.05, 0.1) is 23.5 Å². The molecule has 0 fully saturated rings. The Labute approximate surface area is 149 Å². The summed E-state index contributed by atoms with van der Waals surface area (Å²) >= 11 is 0. The third-order valence-electron chi connectivity index (χ3n) is 3.31. The topological polar surface area (TPSA) is 108 Å². The Kier molecular flexibility index (Phi) is 6.67. The maximum absolute atomic E-state index is 12.4. The molecule has 0 saturated heterocycles. The van der Waals surface area contributed by atoms with Gasteiger partial charge < -0.3 is 14.8 Å². The summed E-state index contributed by atoms with van der Waals surface area (Å²) in [6, 6.07) is 12.5. The van der Waals surface area contributed by atoms with Crippen molar-refractivity contribution in [2.24, 2.45) is 0 Å². The lowest BCUT2D eigenvalue weighted by Crippen LogP contribution is -2.27. The van der Waals surface area contributed by atoms with Crippen LogP contribution in [0.5, 0.6) is 11.5 Å². The number of benzene rings is 2. The zero-order chi connectivity index (χ0) is 18.9. The summed E-state index contributed by atoms with van der Waals surface area (Å²) in [6.45, 7) is 1.99. The van der Waals surface area contributed by atoms with E-state index in [0.717, 1.165) is 6.07 Å². The van der Waals surface area contributed by atoms with Crippen molar-refractivity contribution in [2.75, 3.05) is 13.2 Å². The lowest BCUT2D eigenvalue weighted by molar-refractivity contribution is -0.384. The van der Waals surface area contributed by atoms with Gasteiger partial charge in [0.2, 0.25) is 0 Å². The number of nitrogens with one attached hydrogen (secondary N) is 1. The number of amides is 1. The van der Waals surface area contributed by atoms with Crippen molar-refractivity contribution in [3.8, 4) is 11.5 Å². The van der Waals surface area contributed by atoms with E-state index in [4.69, 9.17) is 9.47 Å². The van der Waals surface area contributed by atoms with Crippen molar-refractivity contribution < 1.29 is 24.0 Å². The van der Waals surface area contributed by atoms with E-state index >= 15 is 0 Å². The van der Waals surface area contributed by atoms with Crippen LogP contribution in [0.3, 0.4) is 0 Å². The predicted octanol–water partition coefficient (Wildman–Crippen LogP) is 3.07. The molecule has 0 aliphatic carbocycles. The van der Waals surface area contributed by atoms with Gasteiger partial charge in [0.15, 0.2) is 0 Å². The van der Waals surface area contributed by atoms with Gasteiger partial charge in [-0.3, -0.25) is 19.7 Å². The van der Waals surface area contributed by atoms with E-state index < -0.39 is 16.8 Å². The summed E-state index contributed by atoms with van der Waals surface area (Å²) in [4.78, 5) is 34.1. The maximum Gasteiger partial charge on any atom is 0.307 e. The van der Waals surface area contributed by atoms with Crippen LogP contribution in [0.25, 0.3) is 0 Å². The molecule has 0 atom stereocenters. The molecule has 0 spiro atoms. The first-order valence-electron chi connectivity index (χ1n) is 7.96. The lowest BCUT2D eigenvalue weighted by atomic mass is 10.1. The fraction of sp³-hybridized carbons (Fsp3) is 0.222. The van der Waals surface area contributed by atoms with Crippen LogP contribution in [-0.2, 0) is 9.53 Å². The minimum Gasteiger partial charge on any atom is -0.466 e. The summed E-state index contributed by atoms with van der Waals surface area (Å²) in [6.07, 6.45) is 0.00336. The molecule has 0 aliphatic heterocycles. The number of carbonyl (C=O) groups is 2. The maximum atomic E-state index is 12.4. The van der Waals surface area contributed by atoms with Crippen LogP contribution in [-0.4, -0.2) is 30.0 Å².